The third-order valence-corrected chi connectivity index (χ3v) is 4.14. The van der Waals surface area contributed by atoms with Crippen molar-refractivity contribution in [1.29, 1.82) is 0 Å². The zero-order valence-corrected chi connectivity index (χ0v) is 14.0. The number of hydrogen-bond donors (Lipinski definition) is 1. The van der Waals surface area contributed by atoms with E-state index in [9.17, 15) is 9.59 Å². The molecule has 1 heterocycles. The van der Waals surface area contributed by atoms with E-state index in [1.807, 2.05) is 36.1 Å². The molecule has 1 amide bonds. The summed E-state index contributed by atoms with van der Waals surface area (Å²) in [4.78, 5) is 26.0. The number of piperidine rings is 1. The van der Waals surface area contributed by atoms with Crippen LogP contribution >= 0.6 is 0 Å². The Bertz CT molecular complexity index is 528. The molecule has 1 unspecified atom stereocenters. The van der Waals surface area contributed by atoms with E-state index in [2.05, 4.69) is 12.2 Å². The molecule has 0 aliphatic carbocycles. The number of aryl methyl sites for hydroxylation is 1. The standard InChI is InChI=1S/C18H26N2O3/c1-3-14-7-9-16(10-8-14)19-17(21)13-20-11-5-6-15(12-20)18(22)23-4-2/h7-10,15H,3-6,11-13H2,1-2H3,(H,19,21). The Morgan fingerprint density at radius 1 is 1.26 bits per heavy atom. The van der Waals surface area contributed by atoms with Crippen molar-refractivity contribution in [1.82, 2.24) is 4.90 Å². The maximum absolute atomic E-state index is 12.2. The molecule has 1 N–H and O–H groups in total. The molecule has 0 radical (unpaired) electrons. The summed E-state index contributed by atoms with van der Waals surface area (Å²) in [6.45, 7) is 6.08. The molecule has 0 spiro atoms. The number of nitrogens with one attached hydrogen (secondary N) is 1. The van der Waals surface area contributed by atoms with E-state index < -0.39 is 0 Å². The van der Waals surface area contributed by atoms with E-state index in [0.717, 1.165) is 31.5 Å². The molecule has 1 aliphatic rings. The third kappa shape index (κ3) is 5.36. The number of benzene rings is 1. The number of ether oxygens (including phenoxy) is 1. The molecule has 0 saturated carbocycles. The van der Waals surface area contributed by atoms with Gasteiger partial charge in [0.15, 0.2) is 0 Å². The smallest absolute Gasteiger partial charge is 0.310 e. The Morgan fingerprint density at radius 3 is 2.65 bits per heavy atom. The van der Waals surface area contributed by atoms with E-state index in [4.69, 9.17) is 4.74 Å². The number of esters is 1. The second-order valence-electron chi connectivity index (χ2n) is 5.92. The van der Waals surface area contributed by atoms with Gasteiger partial charge in [-0.05, 0) is 50.4 Å². The van der Waals surface area contributed by atoms with Crippen molar-refractivity contribution in [2.45, 2.75) is 33.1 Å². The molecule has 23 heavy (non-hydrogen) atoms. The first-order valence-electron chi connectivity index (χ1n) is 8.40. The Kier molecular flexibility index (Phi) is 6.59. The van der Waals surface area contributed by atoms with Crippen LogP contribution in [0.2, 0.25) is 0 Å². The molecular formula is C18H26N2O3. The minimum Gasteiger partial charge on any atom is -0.466 e. The lowest BCUT2D eigenvalue weighted by molar-refractivity contribution is -0.150. The fourth-order valence-electron chi connectivity index (χ4n) is 2.88. The average molecular weight is 318 g/mol. The molecule has 1 aliphatic heterocycles. The highest BCUT2D eigenvalue weighted by atomic mass is 16.5. The van der Waals surface area contributed by atoms with Crippen molar-refractivity contribution in [3.63, 3.8) is 0 Å². The lowest BCUT2D eigenvalue weighted by atomic mass is 9.98. The molecule has 1 fully saturated rings. The highest BCUT2D eigenvalue weighted by Gasteiger charge is 2.27. The molecule has 0 aromatic heterocycles. The van der Waals surface area contributed by atoms with Gasteiger partial charge in [-0.2, -0.15) is 0 Å². The van der Waals surface area contributed by atoms with Crippen molar-refractivity contribution >= 4 is 17.6 Å². The second kappa shape index (κ2) is 8.67. The molecule has 126 valence electrons. The molecule has 1 saturated heterocycles. The maximum Gasteiger partial charge on any atom is 0.310 e. The molecule has 0 bridgehead atoms. The molecule has 1 aromatic carbocycles. The number of carbonyl (C=O) groups is 2. The van der Waals surface area contributed by atoms with Gasteiger partial charge in [-0.3, -0.25) is 14.5 Å². The highest BCUT2D eigenvalue weighted by Crippen LogP contribution is 2.18. The van der Waals surface area contributed by atoms with Crippen LogP contribution in [0, 0.1) is 5.92 Å². The quantitative estimate of drug-likeness (QED) is 0.819. The summed E-state index contributed by atoms with van der Waals surface area (Å²) in [6, 6.07) is 7.89. The van der Waals surface area contributed by atoms with E-state index in [-0.39, 0.29) is 17.8 Å². The van der Waals surface area contributed by atoms with Crippen molar-refractivity contribution in [2.75, 3.05) is 31.6 Å². The Balaban J connectivity index is 1.83. The summed E-state index contributed by atoms with van der Waals surface area (Å²) >= 11 is 0. The van der Waals surface area contributed by atoms with Crippen LogP contribution in [0.5, 0.6) is 0 Å². The van der Waals surface area contributed by atoms with Crippen LogP contribution in [0.25, 0.3) is 0 Å². The minimum absolute atomic E-state index is 0.0428. The van der Waals surface area contributed by atoms with Crippen molar-refractivity contribution in [2.24, 2.45) is 5.92 Å². The predicted molar refractivity (Wildman–Crippen MR) is 90.2 cm³/mol. The first kappa shape index (κ1) is 17.5. The number of amides is 1. The van der Waals surface area contributed by atoms with Gasteiger partial charge in [0.05, 0.1) is 19.1 Å². The Labute approximate surface area is 138 Å². The van der Waals surface area contributed by atoms with Crippen LogP contribution in [-0.4, -0.2) is 43.0 Å². The number of carbonyl (C=O) groups excluding carboxylic acids is 2. The lowest BCUT2D eigenvalue weighted by Gasteiger charge is -2.30. The van der Waals surface area contributed by atoms with Crippen molar-refractivity contribution < 1.29 is 14.3 Å². The molecular weight excluding hydrogens is 292 g/mol. The molecule has 1 atom stereocenters. The van der Waals surface area contributed by atoms with Gasteiger partial charge >= 0.3 is 5.97 Å². The molecule has 1 aromatic rings. The summed E-state index contributed by atoms with van der Waals surface area (Å²) in [5, 5.41) is 2.91. The van der Waals surface area contributed by atoms with E-state index in [1.54, 1.807) is 0 Å². The molecule has 2 rings (SSSR count). The van der Waals surface area contributed by atoms with Gasteiger partial charge in [-0.1, -0.05) is 19.1 Å². The van der Waals surface area contributed by atoms with E-state index >= 15 is 0 Å². The number of hydrogen-bond acceptors (Lipinski definition) is 4. The van der Waals surface area contributed by atoms with Crippen LogP contribution in [-0.2, 0) is 20.7 Å². The number of rotatable bonds is 6. The maximum atomic E-state index is 12.2. The SMILES string of the molecule is CCOC(=O)C1CCCN(CC(=O)Nc2ccc(CC)cc2)C1. The fourth-order valence-corrected chi connectivity index (χ4v) is 2.88. The zero-order chi connectivity index (χ0) is 16.7. The predicted octanol–water partition coefficient (Wildman–Crippen LogP) is 2.46. The van der Waals surface area contributed by atoms with Gasteiger partial charge < -0.3 is 10.1 Å². The van der Waals surface area contributed by atoms with Gasteiger partial charge in [0.1, 0.15) is 0 Å². The average Bonchev–Trinajstić information content (AvgIpc) is 2.56. The zero-order valence-electron chi connectivity index (χ0n) is 14.0. The van der Waals surface area contributed by atoms with E-state index in [1.165, 1.54) is 5.56 Å². The van der Waals surface area contributed by atoms with Crippen molar-refractivity contribution in [3.05, 3.63) is 29.8 Å². The Morgan fingerprint density at radius 2 is 2.00 bits per heavy atom. The number of nitrogens with zero attached hydrogens (tertiary/aromatic N) is 1. The fraction of sp³-hybridized carbons (Fsp3) is 0.556. The Hall–Kier alpha value is -1.88. The van der Waals surface area contributed by atoms with Crippen LogP contribution in [0.1, 0.15) is 32.3 Å². The van der Waals surface area contributed by atoms with Gasteiger partial charge in [-0.15, -0.1) is 0 Å². The van der Waals surface area contributed by atoms with Gasteiger partial charge in [0.25, 0.3) is 0 Å². The minimum atomic E-state index is -0.146. The summed E-state index contributed by atoms with van der Waals surface area (Å²) in [7, 11) is 0. The van der Waals surface area contributed by atoms with Gasteiger partial charge in [-0.25, -0.2) is 0 Å². The highest BCUT2D eigenvalue weighted by molar-refractivity contribution is 5.92. The van der Waals surface area contributed by atoms with Crippen LogP contribution in [0.15, 0.2) is 24.3 Å². The van der Waals surface area contributed by atoms with Crippen LogP contribution < -0.4 is 5.32 Å². The van der Waals surface area contributed by atoms with Crippen LogP contribution in [0.3, 0.4) is 0 Å². The number of anilines is 1. The lowest BCUT2D eigenvalue weighted by Crippen LogP contribution is -2.43. The molecule has 5 heteroatoms. The van der Waals surface area contributed by atoms with Crippen molar-refractivity contribution in [3.8, 4) is 0 Å². The van der Waals surface area contributed by atoms with Crippen LogP contribution in [0.4, 0.5) is 5.69 Å². The largest absolute Gasteiger partial charge is 0.466 e. The summed E-state index contributed by atoms with van der Waals surface area (Å²) < 4.78 is 5.09. The first-order valence-corrected chi connectivity index (χ1v) is 8.40. The summed E-state index contributed by atoms with van der Waals surface area (Å²) in [5.41, 5.74) is 2.06. The van der Waals surface area contributed by atoms with Gasteiger partial charge in [0, 0.05) is 12.2 Å². The second-order valence-corrected chi connectivity index (χ2v) is 5.92. The molecule has 5 nitrogen and oxygen atoms in total. The first-order chi connectivity index (χ1) is 11.1. The topological polar surface area (TPSA) is 58.6 Å². The van der Waals surface area contributed by atoms with E-state index in [0.29, 0.717) is 19.7 Å². The van der Waals surface area contributed by atoms with Gasteiger partial charge in [0.2, 0.25) is 5.91 Å². The third-order valence-electron chi connectivity index (χ3n) is 4.14. The summed E-state index contributed by atoms with van der Waals surface area (Å²) in [5.74, 6) is -0.299. The normalized spacial score (nSPS) is 18.4. The monoisotopic (exact) mass is 318 g/mol. The summed E-state index contributed by atoms with van der Waals surface area (Å²) in [6.07, 6.45) is 2.74. The number of likely N-dealkylation sites (tertiary alicyclic amines) is 1.